The number of terminal acetylenes is 1. The van der Waals surface area contributed by atoms with Crippen LogP contribution in [0, 0.1) is 25.2 Å². The molecule has 0 aromatic carbocycles. The number of aromatic nitrogens is 2. The third-order valence-electron chi connectivity index (χ3n) is 2.94. The van der Waals surface area contributed by atoms with Crippen molar-refractivity contribution in [2.75, 3.05) is 18.0 Å². The topological polar surface area (TPSA) is 55.0 Å². The predicted molar refractivity (Wildman–Crippen MR) is 68.4 cm³/mol. The molecule has 4 nitrogen and oxygen atoms in total. The second-order valence-corrected chi connectivity index (χ2v) is 4.50. The molecule has 1 aliphatic carbocycles. The summed E-state index contributed by atoms with van der Waals surface area (Å²) in [5.41, 5.74) is 6.69. The Bertz CT molecular complexity index is 432. The van der Waals surface area contributed by atoms with Crippen molar-refractivity contribution in [1.29, 1.82) is 0 Å². The average Bonchev–Trinajstić information content (AvgIpc) is 3.12. The standard InChI is InChI=1S/C13H18N4/c1-3-6-17(9-11-4-5-11)13-12(7-14)8-15-10(2)16-13/h1,8,11H,4-7,9,14H2,2H3. The molecule has 0 aliphatic heterocycles. The fourth-order valence-electron chi connectivity index (χ4n) is 1.85. The normalized spacial score (nSPS) is 14.4. The van der Waals surface area contributed by atoms with Crippen LogP contribution in [0.25, 0.3) is 0 Å². The van der Waals surface area contributed by atoms with E-state index in [1.54, 1.807) is 6.20 Å². The van der Waals surface area contributed by atoms with Gasteiger partial charge in [-0.1, -0.05) is 5.92 Å². The van der Waals surface area contributed by atoms with Crippen LogP contribution in [0.15, 0.2) is 6.20 Å². The van der Waals surface area contributed by atoms with Crippen LogP contribution in [0.4, 0.5) is 5.82 Å². The number of nitrogens with two attached hydrogens (primary N) is 1. The molecule has 1 heterocycles. The molecule has 2 N–H and O–H groups in total. The Morgan fingerprint density at radius 2 is 2.35 bits per heavy atom. The van der Waals surface area contributed by atoms with Crippen molar-refractivity contribution in [2.45, 2.75) is 26.3 Å². The minimum Gasteiger partial charge on any atom is -0.345 e. The number of hydrogen-bond acceptors (Lipinski definition) is 4. The minimum atomic E-state index is 0.446. The summed E-state index contributed by atoms with van der Waals surface area (Å²) in [4.78, 5) is 10.8. The van der Waals surface area contributed by atoms with Gasteiger partial charge in [-0.05, 0) is 25.7 Å². The first kappa shape index (κ1) is 11.9. The van der Waals surface area contributed by atoms with E-state index in [4.69, 9.17) is 12.2 Å². The predicted octanol–water partition coefficient (Wildman–Crippen LogP) is 1.09. The van der Waals surface area contributed by atoms with Gasteiger partial charge in [0, 0.05) is 24.8 Å². The van der Waals surface area contributed by atoms with Gasteiger partial charge in [-0.25, -0.2) is 9.97 Å². The van der Waals surface area contributed by atoms with Gasteiger partial charge in [-0.15, -0.1) is 6.42 Å². The summed E-state index contributed by atoms with van der Waals surface area (Å²) >= 11 is 0. The molecule has 90 valence electrons. The van der Waals surface area contributed by atoms with Crippen molar-refractivity contribution in [3.63, 3.8) is 0 Å². The first-order valence-electron chi connectivity index (χ1n) is 5.95. The fraction of sp³-hybridized carbons (Fsp3) is 0.538. The molecular weight excluding hydrogens is 212 g/mol. The average molecular weight is 230 g/mol. The van der Waals surface area contributed by atoms with Crippen molar-refractivity contribution in [1.82, 2.24) is 9.97 Å². The van der Waals surface area contributed by atoms with Crippen LogP contribution >= 0.6 is 0 Å². The number of anilines is 1. The van der Waals surface area contributed by atoms with Crippen molar-refractivity contribution < 1.29 is 0 Å². The molecule has 0 radical (unpaired) electrons. The van der Waals surface area contributed by atoms with Gasteiger partial charge in [0.05, 0.1) is 6.54 Å². The first-order chi connectivity index (χ1) is 8.24. The van der Waals surface area contributed by atoms with E-state index < -0.39 is 0 Å². The Hall–Kier alpha value is -1.60. The highest BCUT2D eigenvalue weighted by molar-refractivity contribution is 5.47. The molecule has 1 aromatic heterocycles. The van der Waals surface area contributed by atoms with Gasteiger partial charge in [0.15, 0.2) is 0 Å². The van der Waals surface area contributed by atoms with Crippen LogP contribution in [-0.4, -0.2) is 23.1 Å². The molecule has 1 saturated carbocycles. The maximum absolute atomic E-state index is 5.72. The summed E-state index contributed by atoms with van der Waals surface area (Å²) in [6, 6.07) is 0. The van der Waals surface area contributed by atoms with Crippen LogP contribution in [0.2, 0.25) is 0 Å². The van der Waals surface area contributed by atoms with Crippen LogP contribution < -0.4 is 10.6 Å². The van der Waals surface area contributed by atoms with E-state index in [2.05, 4.69) is 20.8 Å². The smallest absolute Gasteiger partial charge is 0.137 e. The molecule has 1 aromatic rings. The molecule has 1 fully saturated rings. The Kier molecular flexibility index (Phi) is 3.60. The first-order valence-corrected chi connectivity index (χ1v) is 5.95. The molecule has 0 unspecified atom stereocenters. The molecule has 17 heavy (non-hydrogen) atoms. The lowest BCUT2D eigenvalue weighted by atomic mass is 10.2. The second-order valence-electron chi connectivity index (χ2n) is 4.50. The van der Waals surface area contributed by atoms with Crippen LogP contribution in [0.1, 0.15) is 24.2 Å². The summed E-state index contributed by atoms with van der Waals surface area (Å²) in [5.74, 6) is 5.13. The van der Waals surface area contributed by atoms with E-state index in [0.29, 0.717) is 13.1 Å². The van der Waals surface area contributed by atoms with Gasteiger partial charge in [0.1, 0.15) is 11.6 Å². The maximum atomic E-state index is 5.72. The highest BCUT2D eigenvalue weighted by Crippen LogP contribution is 2.31. The number of aryl methyl sites for hydroxylation is 1. The Morgan fingerprint density at radius 3 is 2.94 bits per heavy atom. The molecule has 1 aliphatic rings. The summed E-state index contributed by atoms with van der Waals surface area (Å²) in [6.07, 6.45) is 9.82. The number of hydrogen-bond donors (Lipinski definition) is 1. The molecule has 0 atom stereocenters. The lowest BCUT2D eigenvalue weighted by molar-refractivity contribution is 0.743. The van der Waals surface area contributed by atoms with E-state index in [1.165, 1.54) is 12.8 Å². The molecule has 2 rings (SSSR count). The number of rotatable bonds is 5. The third kappa shape index (κ3) is 2.95. The highest BCUT2D eigenvalue weighted by atomic mass is 15.2. The third-order valence-corrected chi connectivity index (χ3v) is 2.94. The monoisotopic (exact) mass is 230 g/mol. The Morgan fingerprint density at radius 1 is 1.59 bits per heavy atom. The summed E-state index contributed by atoms with van der Waals surface area (Å²) < 4.78 is 0. The van der Waals surface area contributed by atoms with Gasteiger partial charge in [-0.2, -0.15) is 0 Å². The molecule has 4 heteroatoms. The highest BCUT2D eigenvalue weighted by Gasteiger charge is 2.25. The van der Waals surface area contributed by atoms with Gasteiger partial charge in [0.25, 0.3) is 0 Å². The Labute approximate surface area is 102 Å². The summed E-state index contributed by atoms with van der Waals surface area (Å²) in [6.45, 7) is 3.89. The zero-order valence-electron chi connectivity index (χ0n) is 10.2. The molecule has 0 bridgehead atoms. The van der Waals surface area contributed by atoms with Crippen LogP contribution in [-0.2, 0) is 6.54 Å². The van der Waals surface area contributed by atoms with E-state index in [0.717, 1.165) is 29.7 Å². The van der Waals surface area contributed by atoms with E-state index in [9.17, 15) is 0 Å². The summed E-state index contributed by atoms with van der Waals surface area (Å²) in [5, 5.41) is 0. The quantitative estimate of drug-likeness (QED) is 0.769. The summed E-state index contributed by atoms with van der Waals surface area (Å²) in [7, 11) is 0. The Balaban J connectivity index is 2.26. The van der Waals surface area contributed by atoms with E-state index >= 15 is 0 Å². The van der Waals surface area contributed by atoms with Crippen molar-refractivity contribution in [3.05, 3.63) is 17.6 Å². The maximum Gasteiger partial charge on any atom is 0.137 e. The largest absolute Gasteiger partial charge is 0.345 e. The van der Waals surface area contributed by atoms with Gasteiger partial charge >= 0.3 is 0 Å². The van der Waals surface area contributed by atoms with Gasteiger partial charge < -0.3 is 10.6 Å². The van der Waals surface area contributed by atoms with Crippen molar-refractivity contribution in [3.8, 4) is 12.3 Å². The fourth-order valence-corrected chi connectivity index (χ4v) is 1.85. The van der Waals surface area contributed by atoms with E-state index in [1.807, 2.05) is 6.92 Å². The zero-order valence-corrected chi connectivity index (χ0v) is 10.2. The van der Waals surface area contributed by atoms with Gasteiger partial charge in [-0.3, -0.25) is 0 Å². The molecule has 0 amide bonds. The van der Waals surface area contributed by atoms with Crippen molar-refractivity contribution >= 4 is 5.82 Å². The minimum absolute atomic E-state index is 0.446. The second kappa shape index (κ2) is 5.15. The van der Waals surface area contributed by atoms with Crippen molar-refractivity contribution in [2.24, 2.45) is 11.7 Å². The lowest BCUT2D eigenvalue weighted by Gasteiger charge is -2.23. The number of nitrogens with zero attached hydrogens (tertiary/aromatic N) is 3. The molecule has 0 spiro atoms. The molecular formula is C13H18N4. The van der Waals surface area contributed by atoms with Gasteiger partial charge in [0.2, 0.25) is 0 Å². The molecule has 0 saturated heterocycles. The van der Waals surface area contributed by atoms with Crippen LogP contribution in [0.3, 0.4) is 0 Å². The lowest BCUT2D eigenvalue weighted by Crippen LogP contribution is -2.29. The van der Waals surface area contributed by atoms with E-state index in [-0.39, 0.29) is 0 Å². The SMILES string of the molecule is C#CCN(CC1CC1)c1nc(C)ncc1CN. The van der Waals surface area contributed by atoms with Crippen LogP contribution in [0.5, 0.6) is 0 Å². The zero-order chi connectivity index (χ0) is 12.3.